The lowest BCUT2D eigenvalue weighted by Gasteiger charge is -2.24. The second kappa shape index (κ2) is 9.25. The summed E-state index contributed by atoms with van der Waals surface area (Å²) >= 11 is 6.09. The fraction of sp³-hybridized carbons (Fsp3) is 0.611. The van der Waals surface area contributed by atoms with Crippen molar-refractivity contribution in [2.45, 2.75) is 44.2 Å². The van der Waals surface area contributed by atoms with Crippen LogP contribution in [-0.2, 0) is 0 Å². The predicted molar refractivity (Wildman–Crippen MR) is 113 cm³/mol. The molecule has 6 heteroatoms. The highest BCUT2D eigenvalue weighted by molar-refractivity contribution is 14.0. The smallest absolute Gasteiger partial charge is 0.191 e. The summed E-state index contributed by atoms with van der Waals surface area (Å²) in [7, 11) is 1.85. The summed E-state index contributed by atoms with van der Waals surface area (Å²) in [5, 5.41) is 7.86. The van der Waals surface area contributed by atoms with Gasteiger partial charge in [0.15, 0.2) is 5.96 Å². The van der Waals surface area contributed by atoms with Crippen molar-refractivity contribution in [1.29, 1.82) is 0 Å². The van der Waals surface area contributed by atoms with Crippen molar-refractivity contribution in [3.05, 3.63) is 34.9 Å². The maximum absolute atomic E-state index is 6.09. The third-order valence-electron chi connectivity index (χ3n) is 5.02. The third-order valence-corrected chi connectivity index (χ3v) is 5.26. The van der Waals surface area contributed by atoms with Gasteiger partial charge in [0.05, 0.1) is 0 Å². The van der Waals surface area contributed by atoms with Crippen molar-refractivity contribution in [2.75, 3.05) is 26.7 Å². The molecule has 3 unspecified atom stereocenters. The van der Waals surface area contributed by atoms with E-state index < -0.39 is 0 Å². The SMILES string of the molecule is CCN1CCCC1CNC(=NC)NC1CC1c1cccc(Cl)c1.I. The van der Waals surface area contributed by atoms with Gasteiger partial charge in [-0.1, -0.05) is 30.7 Å². The molecule has 1 saturated heterocycles. The Morgan fingerprint density at radius 1 is 1.42 bits per heavy atom. The number of nitrogens with zero attached hydrogens (tertiary/aromatic N) is 2. The molecule has 0 amide bonds. The van der Waals surface area contributed by atoms with E-state index in [9.17, 15) is 0 Å². The Labute approximate surface area is 167 Å². The molecule has 0 aromatic heterocycles. The lowest BCUT2D eigenvalue weighted by molar-refractivity contribution is 0.267. The molecule has 1 saturated carbocycles. The van der Waals surface area contributed by atoms with Crippen LogP contribution < -0.4 is 10.6 Å². The molecule has 1 heterocycles. The molecule has 1 aromatic rings. The fourth-order valence-electron chi connectivity index (χ4n) is 3.59. The molecule has 3 rings (SSSR count). The standard InChI is InChI=1S/C18H27ClN4.HI/c1-3-23-9-5-8-15(23)12-21-18(20-2)22-17-11-16(17)13-6-4-7-14(19)10-13;/h4,6-7,10,15-17H,3,5,8-9,11-12H2,1-2H3,(H2,20,21,22);1H. The summed E-state index contributed by atoms with van der Waals surface area (Å²) in [4.78, 5) is 6.92. The molecular formula is C18H28ClIN4. The number of benzene rings is 1. The maximum Gasteiger partial charge on any atom is 0.191 e. The van der Waals surface area contributed by atoms with E-state index in [-0.39, 0.29) is 24.0 Å². The first-order chi connectivity index (χ1) is 11.2. The lowest BCUT2D eigenvalue weighted by Crippen LogP contribution is -2.45. The van der Waals surface area contributed by atoms with Gasteiger partial charge in [-0.05, 0) is 50.0 Å². The normalized spacial score (nSPS) is 26.8. The lowest BCUT2D eigenvalue weighted by atomic mass is 10.1. The van der Waals surface area contributed by atoms with E-state index in [0.717, 1.165) is 30.5 Å². The number of nitrogens with one attached hydrogen (secondary N) is 2. The van der Waals surface area contributed by atoms with Crippen LogP contribution >= 0.6 is 35.6 Å². The van der Waals surface area contributed by atoms with E-state index in [1.807, 2.05) is 19.2 Å². The average Bonchev–Trinajstić information content (AvgIpc) is 3.18. The molecule has 24 heavy (non-hydrogen) atoms. The molecule has 2 aliphatic rings. The summed E-state index contributed by atoms with van der Waals surface area (Å²) in [5.41, 5.74) is 1.32. The molecular weight excluding hydrogens is 435 g/mol. The van der Waals surface area contributed by atoms with Gasteiger partial charge in [-0.25, -0.2) is 0 Å². The zero-order valence-corrected chi connectivity index (χ0v) is 17.6. The van der Waals surface area contributed by atoms with Crippen LogP contribution in [0.1, 0.15) is 37.7 Å². The average molecular weight is 463 g/mol. The van der Waals surface area contributed by atoms with Gasteiger partial charge in [0, 0.05) is 36.6 Å². The van der Waals surface area contributed by atoms with Gasteiger partial charge in [-0.15, -0.1) is 24.0 Å². The summed E-state index contributed by atoms with van der Waals surface area (Å²) in [6.45, 7) is 5.58. The Balaban J connectivity index is 0.00000208. The van der Waals surface area contributed by atoms with E-state index in [2.05, 4.69) is 39.6 Å². The van der Waals surface area contributed by atoms with Crippen molar-refractivity contribution in [3.63, 3.8) is 0 Å². The summed E-state index contributed by atoms with van der Waals surface area (Å²) in [6.07, 6.45) is 3.74. The van der Waals surface area contributed by atoms with Crippen LogP contribution in [0.15, 0.2) is 29.3 Å². The number of hydrogen-bond donors (Lipinski definition) is 2. The number of likely N-dealkylation sites (N-methyl/N-ethyl adjacent to an activating group) is 1. The van der Waals surface area contributed by atoms with Crippen molar-refractivity contribution in [1.82, 2.24) is 15.5 Å². The molecule has 0 spiro atoms. The zero-order chi connectivity index (χ0) is 16.2. The maximum atomic E-state index is 6.09. The number of hydrogen-bond acceptors (Lipinski definition) is 2. The minimum absolute atomic E-state index is 0. The number of aliphatic imine (C=N–C) groups is 1. The molecule has 0 bridgehead atoms. The largest absolute Gasteiger partial charge is 0.355 e. The Hall–Kier alpha value is -0.530. The number of rotatable bonds is 5. The van der Waals surface area contributed by atoms with Crippen molar-refractivity contribution >= 4 is 41.5 Å². The topological polar surface area (TPSA) is 39.7 Å². The number of likely N-dealkylation sites (tertiary alicyclic amines) is 1. The molecule has 1 aliphatic heterocycles. The van der Waals surface area contributed by atoms with Gasteiger partial charge in [0.2, 0.25) is 0 Å². The van der Waals surface area contributed by atoms with Gasteiger partial charge in [-0.3, -0.25) is 9.89 Å². The third kappa shape index (κ3) is 4.99. The van der Waals surface area contributed by atoms with Gasteiger partial charge in [0.25, 0.3) is 0 Å². The molecule has 2 N–H and O–H groups in total. The Morgan fingerprint density at radius 2 is 2.25 bits per heavy atom. The first-order valence-corrected chi connectivity index (χ1v) is 9.05. The quantitative estimate of drug-likeness (QED) is 0.400. The second-order valence-electron chi connectivity index (χ2n) is 6.53. The van der Waals surface area contributed by atoms with Crippen molar-refractivity contribution in [3.8, 4) is 0 Å². The molecule has 1 aliphatic carbocycles. The van der Waals surface area contributed by atoms with Gasteiger partial charge in [-0.2, -0.15) is 0 Å². The van der Waals surface area contributed by atoms with Gasteiger partial charge in [0.1, 0.15) is 0 Å². The minimum Gasteiger partial charge on any atom is -0.355 e. The minimum atomic E-state index is 0. The highest BCUT2D eigenvalue weighted by Crippen LogP contribution is 2.41. The molecule has 3 atom stereocenters. The van der Waals surface area contributed by atoms with Crippen LogP contribution in [0.5, 0.6) is 0 Å². The van der Waals surface area contributed by atoms with Crippen LogP contribution in [0, 0.1) is 0 Å². The van der Waals surface area contributed by atoms with Crippen LogP contribution in [0.25, 0.3) is 0 Å². The highest BCUT2D eigenvalue weighted by Gasteiger charge is 2.39. The fourth-order valence-corrected chi connectivity index (χ4v) is 3.79. The number of guanidine groups is 1. The first-order valence-electron chi connectivity index (χ1n) is 8.68. The van der Waals surface area contributed by atoms with E-state index in [0.29, 0.717) is 18.0 Å². The van der Waals surface area contributed by atoms with E-state index >= 15 is 0 Å². The Bertz CT molecular complexity index is 566. The molecule has 2 fully saturated rings. The molecule has 134 valence electrons. The second-order valence-corrected chi connectivity index (χ2v) is 6.96. The number of halogens is 2. The van der Waals surface area contributed by atoms with E-state index in [4.69, 9.17) is 11.6 Å². The first kappa shape index (κ1) is 19.8. The Kier molecular flexibility index (Phi) is 7.62. The van der Waals surface area contributed by atoms with Crippen molar-refractivity contribution in [2.24, 2.45) is 4.99 Å². The summed E-state index contributed by atoms with van der Waals surface area (Å²) < 4.78 is 0. The van der Waals surface area contributed by atoms with Crippen molar-refractivity contribution < 1.29 is 0 Å². The molecule has 0 radical (unpaired) electrons. The van der Waals surface area contributed by atoms with Crippen LogP contribution in [0.2, 0.25) is 5.02 Å². The van der Waals surface area contributed by atoms with E-state index in [1.165, 1.54) is 24.9 Å². The Morgan fingerprint density at radius 3 is 2.96 bits per heavy atom. The van der Waals surface area contributed by atoms with Crippen LogP contribution in [0.4, 0.5) is 0 Å². The molecule has 4 nitrogen and oxygen atoms in total. The predicted octanol–water partition coefficient (Wildman–Crippen LogP) is 3.46. The highest BCUT2D eigenvalue weighted by atomic mass is 127. The van der Waals surface area contributed by atoms with Crippen LogP contribution in [0.3, 0.4) is 0 Å². The van der Waals surface area contributed by atoms with Crippen LogP contribution in [-0.4, -0.2) is 49.6 Å². The molecule has 1 aromatic carbocycles. The van der Waals surface area contributed by atoms with Gasteiger partial charge < -0.3 is 10.6 Å². The van der Waals surface area contributed by atoms with Gasteiger partial charge >= 0.3 is 0 Å². The summed E-state index contributed by atoms with van der Waals surface area (Å²) in [6, 6.07) is 9.29. The zero-order valence-electron chi connectivity index (χ0n) is 14.5. The monoisotopic (exact) mass is 462 g/mol. The summed E-state index contributed by atoms with van der Waals surface area (Å²) in [5.74, 6) is 1.47. The van der Waals surface area contributed by atoms with E-state index in [1.54, 1.807) is 0 Å².